The highest BCUT2D eigenvalue weighted by atomic mass is 32.2. The second-order valence-corrected chi connectivity index (χ2v) is 5.15. The van der Waals surface area contributed by atoms with Crippen LogP contribution in [-0.2, 0) is 4.74 Å². The number of carbonyl (C=O) groups is 1. The van der Waals surface area contributed by atoms with Crippen LogP contribution in [-0.4, -0.2) is 18.3 Å². The first kappa shape index (κ1) is 11.7. The molecule has 0 amide bonds. The van der Waals surface area contributed by atoms with E-state index in [1.807, 2.05) is 24.3 Å². The smallest absolute Gasteiger partial charge is 0.159 e. The third-order valence-electron chi connectivity index (χ3n) is 2.62. The van der Waals surface area contributed by atoms with E-state index in [0.717, 1.165) is 23.0 Å². The number of benzene rings is 1. The fourth-order valence-electron chi connectivity index (χ4n) is 1.39. The Morgan fingerprint density at radius 1 is 1.38 bits per heavy atom. The van der Waals surface area contributed by atoms with Crippen molar-refractivity contribution in [3.63, 3.8) is 0 Å². The Balaban J connectivity index is 1.73. The lowest BCUT2D eigenvalue weighted by molar-refractivity contribution is 0.101. The van der Waals surface area contributed by atoms with Crippen LogP contribution in [0.25, 0.3) is 0 Å². The molecule has 0 saturated heterocycles. The van der Waals surface area contributed by atoms with E-state index in [9.17, 15) is 4.79 Å². The molecular weight excluding hydrogens is 220 g/mol. The van der Waals surface area contributed by atoms with Gasteiger partial charge >= 0.3 is 0 Å². The van der Waals surface area contributed by atoms with E-state index >= 15 is 0 Å². The van der Waals surface area contributed by atoms with Gasteiger partial charge in [0.05, 0.1) is 12.5 Å². The number of Topliss-reactive ketones (excluding diaryl/α,β-unsaturated/α-hetero) is 1. The molecule has 86 valence electrons. The molecule has 0 spiro atoms. The van der Waals surface area contributed by atoms with Crippen LogP contribution in [0.15, 0.2) is 29.2 Å². The molecule has 1 aliphatic rings. The molecule has 0 aromatic heterocycles. The molecular formula is C13H16O2S. The predicted molar refractivity (Wildman–Crippen MR) is 65.8 cm³/mol. The average molecular weight is 236 g/mol. The maximum absolute atomic E-state index is 11.1. The Morgan fingerprint density at radius 2 is 2.06 bits per heavy atom. The van der Waals surface area contributed by atoms with Gasteiger partial charge in [0.25, 0.3) is 0 Å². The van der Waals surface area contributed by atoms with Crippen molar-refractivity contribution in [1.82, 2.24) is 0 Å². The second kappa shape index (κ2) is 5.51. The molecule has 0 N–H and O–H groups in total. The minimum absolute atomic E-state index is 0.113. The molecule has 0 aliphatic heterocycles. The normalized spacial score (nSPS) is 15.1. The maximum atomic E-state index is 11.1. The lowest BCUT2D eigenvalue weighted by atomic mass is 10.2. The summed E-state index contributed by atoms with van der Waals surface area (Å²) in [4.78, 5) is 12.2. The molecule has 1 aliphatic carbocycles. The van der Waals surface area contributed by atoms with E-state index in [0.29, 0.717) is 5.94 Å². The Morgan fingerprint density at radius 3 is 2.62 bits per heavy atom. The monoisotopic (exact) mass is 236 g/mol. The van der Waals surface area contributed by atoms with Crippen molar-refractivity contribution in [3.8, 4) is 0 Å². The van der Waals surface area contributed by atoms with E-state index < -0.39 is 0 Å². The highest BCUT2D eigenvalue weighted by Crippen LogP contribution is 2.29. The van der Waals surface area contributed by atoms with Crippen LogP contribution in [0, 0.1) is 5.92 Å². The largest absolute Gasteiger partial charge is 0.370 e. The summed E-state index contributed by atoms with van der Waals surface area (Å²) in [5, 5.41) is 0. The fourth-order valence-corrected chi connectivity index (χ4v) is 2.04. The second-order valence-electron chi connectivity index (χ2n) is 4.16. The van der Waals surface area contributed by atoms with Crippen molar-refractivity contribution >= 4 is 17.5 Å². The molecule has 1 aromatic carbocycles. The summed E-state index contributed by atoms with van der Waals surface area (Å²) in [7, 11) is 0. The molecule has 0 atom stereocenters. The molecule has 2 nitrogen and oxygen atoms in total. The van der Waals surface area contributed by atoms with Crippen LogP contribution in [0.2, 0.25) is 0 Å². The van der Waals surface area contributed by atoms with Crippen LogP contribution in [0.3, 0.4) is 0 Å². The molecule has 1 saturated carbocycles. The van der Waals surface area contributed by atoms with Gasteiger partial charge in [-0.1, -0.05) is 23.9 Å². The first-order valence-corrected chi connectivity index (χ1v) is 6.56. The van der Waals surface area contributed by atoms with Gasteiger partial charge < -0.3 is 4.74 Å². The zero-order valence-electron chi connectivity index (χ0n) is 9.44. The number of ether oxygens (including phenoxy) is 1. The van der Waals surface area contributed by atoms with E-state index in [2.05, 4.69) is 0 Å². The molecule has 2 rings (SSSR count). The van der Waals surface area contributed by atoms with Crippen LogP contribution < -0.4 is 0 Å². The zero-order chi connectivity index (χ0) is 11.4. The van der Waals surface area contributed by atoms with Gasteiger partial charge in [-0.05, 0) is 37.8 Å². The molecule has 16 heavy (non-hydrogen) atoms. The average Bonchev–Trinajstić information content (AvgIpc) is 3.09. The number of carbonyl (C=O) groups excluding carboxylic acids is 1. The number of rotatable bonds is 6. The van der Waals surface area contributed by atoms with Gasteiger partial charge in [0.15, 0.2) is 5.78 Å². The summed E-state index contributed by atoms with van der Waals surface area (Å²) in [5.74, 6) is 1.64. The molecule has 3 heteroatoms. The van der Waals surface area contributed by atoms with Crippen molar-refractivity contribution in [2.45, 2.75) is 24.7 Å². The highest BCUT2D eigenvalue weighted by molar-refractivity contribution is 7.99. The molecule has 0 unspecified atom stereocenters. The Hall–Kier alpha value is -0.800. The van der Waals surface area contributed by atoms with Crippen LogP contribution in [0.5, 0.6) is 0 Å². The lowest BCUT2D eigenvalue weighted by Gasteiger charge is -2.03. The zero-order valence-corrected chi connectivity index (χ0v) is 10.3. The standard InChI is InChI=1S/C13H16O2S/c1-10(14)12-4-6-13(7-5-12)16-9-15-8-11-2-3-11/h4-7,11H,2-3,8-9H2,1H3. The maximum Gasteiger partial charge on any atom is 0.159 e. The minimum atomic E-state index is 0.113. The van der Waals surface area contributed by atoms with E-state index in [1.165, 1.54) is 12.8 Å². The molecule has 0 radical (unpaired) electrons. The first-order chi connectivity index (χ1) is 7.75. The number of hydrogen-bond donors (Lipinski definition) is 0. The highest BCUT2D eigenvalue weighted by Gasteiger charge is 2.20. The summed E-state index contributed by atoms with van der Waals surface area (Å²) < 4.78 is 5.54. The van der Waals surface area contributed by atoms with Crippen molar-refractivity contribution in [2.75, 3.05) is 12.5 Å². The van der Waals surface area contributed by atoms with Gasteiger partial charge in [-0.3, -0.25) is 4.79 Å². The fraction of sp³-hybridized carbons (Fsp3) is 0.462. The topological polar surface area (TPSA) is 26.3 Å². The van der Waals surface area contributed by atoms with Gasteiger partial charge in [0.1, 0.15) is 0 Å². The third kappa shape index (κ3) is 3.65. The number of ketones is 1. The van der Waals surface area contributed by atoms with Gasteiger partial charge in [-0.2, -0.15) is 0 Å². The van der Waals surface area contributed by atoms with E-state index in [4.69, 9.17) is 4.74 Å². The number of thioether (sulfide) groups is 1. The van der Waals surface area contributed by atoms with Crippen molar-refractivity contribution in [1.29, 1.82) is 0 Å². The Labute approximate surface area is 100 Å². The Kier molecular flexibility index (Phi) is 4.02. The molecule has 1 aromatic rings. The van der Waals surface area contributed by atoms with Crippen LogP contribution in [0.4, 0.5) is 0 Å². The molecule has 0 bridgehead atoms. The predicted octanol–water partition coefficient (Wildman–Crippen LogP) is 3.37. The summed E-state index contributed by atoms with van der Waals surface area (Å²) in [6, 6.07) is 7.68. The van der Waals surface area contributed by atoms with E-state index in [-0.39, 0.29) is 5.78 Å². The first-order valence-electron chi connectivity index (χ1n) is 5.57. The van der Waals surface area contributed by atoms with Gasteiger partial charge in [0, 0.05) is 10.5 Å². The van der Waals surface area contributed by atoms with Gasteiger partial charge in [-0.25, -0.2) is 0 Å². The summed E-state index contributed by atoms with van der Waals surface area (Å²) >= 11 is 1.68. The van der Waals surface area contributed by atoms with Gasteiger partial charge in [-0.15, -0.1) is 0 Å². The SMILES string of the molecule is CC(=O)c1ccc(SCOCC2CC2)cc1. The lowest BCUT2D eigenvalue weighted by Crippen LogP contribution is -1.95. The molecule has 0 heterocycles. The van der Waals surface area contributed by atoms with Crippen LogP contribution in [0.1, 0.15) is 30.1 Å². The van der Waals surface area contributed by atoms with Gasteiger partial charge in [0.2, 0.25) is 0 Å². The third-order valence-corrected chi connectivity index (χ3v) is 3.51. The minimum Gasteiger partial charge on any atom is -0.370 e. The molecule has 1 fully saturated rings. The van der Waals surface area contributed by atoms with Crippen molar-refractivity contribution in [3.05, 3.63) is 29.8 Å². The van der Waals surface area contributed by atoms with Crippen molar-refractivity contribution < 1.29 is 9.53 Å². The van der Waals surface area contributed by atoms with Crippen molar-refractivity contribution in [2.24, 2.45) is 5.92 Å². The Bertz CT molecular complexity index is 355. The number of hydrogen-bond acceptors (Lipinski definition) is 3. The van der Waals surface area contributed by atoms with E-state index in [1.54, 1.807) is 18.7 Å². The summed E-state index contributed by atoms with van der Waals surface area (Å²) in [5.41, 5.74) is 0.767. The summed E-state index contributed by atoms with van der Waals surface area (Å²) in [6.45, 7) is 2.49. The summed E-state index contributed by atoms with van der Waals surface area (Å²) in [6.07, 6.45) is 2.66. The van der Waals surface area contributed by atoms with Crippen LogP contribution >= 0.6 is 11.8 Å². The quantitative estimate of drug-likeness (QED) is 0.328.